The first-order valence-electron chi connectivity index (χ1n) is 9.25. The molecule has 0 radical (unpaired) electrons. The summed E-state index contributed by atoms with van der Waals surface area (Å²) >= 11 is 13.5. The first kappa shape index (κ1) is 27.3. The van der Waals surface area contributed by atoms with Gasteiger partial charge in [-0.1, -0.05) is 17.7 Å². The van der Waals surface area contributed by atoms with Crippen molar-refractivity contribution >= 4 is 43.7 Å². The Labute approximate surface area is 193 Å². The van der Waals surface area contributed by atoms with Crippen molar-refractivity contribution in [1.82, 2.24) is 0 Å². The molecule has 0 aliphatic carbocycles. The standard InChI is InChI=1S/C16H28Cl2N3O7P3/c1-15-5-7-16(8-6-15)28-30(18)19-29(17,25-12-9-22-2)20-31(21-30,26-13-10-23-3)27-14-11-24-4/h5-8H,9-14H2,1-4H3. The van der Waals surface area contributed by atoms with Crippen LogP contribution in [0.5, 0.6) is 5.75 Å². The highest BCUT2D eigenvalue weighted by Crippen LogP contribution is 2.82. The van der Waals surface area contributed by atoms with Crippen LogP contribution in [0.15, 0.2) is 37.8 Å². The number of methoxy groups -OCH3 is 3. The molecular formula is C16H28Cl2N3O7P3. The molecule has 2 atom stereocenters. The van der Waals surface area contributed by atoms with Crippen LogP contribution in [0.25, 0.3) is 0 Å². The van der Waals surface area contributed by atoms with E-state index >= 15 is 0 Å². The van der Waals surface area contributed by atoms with Crippen LogP contribution in [0.4, 0.5) is 0 Å². The molecule has 0 bridgehead atoms. The smallest absolute Gasteiger partial charge is 0.353 e. The molecule has 0 saturated carbocycles. The van der Waals surface area contributed by atoms with Crippen molar-refractivity contribution in [2.45, 2.75) is 6.92 Å². The number of ether oxygens (including phenoxy) is 3. The molecule has 10 nitrogen and oxygen atoms in total. The molecule has 2 rings (SSSR count). The Hall–Kier alpha value is 0.0500. The zero-order valence-electron chi connectivity index (χ0n) is 17.8. The summed E-state index contributed by atoms with van der Waals surface area (Å²) in [4.78, 5) is 0. The highest BCUT2D eigenvalue weighted by molar-refractivity contribution is 8.00. The average molecular weight is 538 g/mol. The minimum atomic E-state index is -3.39. The minimum Gasteiger partial charge on any atom is -0.431 e. The fraction of sp³-hybridized carbons (Fsp3) is 0.625. The number of benzene rings is 1. The molecule has 1 heterocycles. The van der Waals surface area contributed by atoms with Crippen molar-refractivity contribution in [3.63, 3.8) is 0 Å². The summed E-state index contributed by atoms with van der Waals surface area (Å²) in [6.07, 6.45) is 0. The van der Waals surface area contributed by atoms with Crippen LogP contribution >= 0.6 is 43.7 Å². The molecule has 31 heavy (non-hydrogen) atoms. The van der Waals surface area contributed by atoms with Gasteiger partial charge in [-0.2, -0.15) is 9.03 Å². The van der Waals surface area contributed by atoms with E-state index in [0.29, 0.717) is 25.6 Å². The lowest BCUT2D eigenvalue weighted by molar-refractivity contribution is 0.118. The molecular weight excluding hydrogens is 510 g/mol. The molecule has 1 aliphatic heterocycles. The summed E-state index contributed by atoms with van der Waals surface area (Å²) in [6.45, 7) is -3.41. The number of hydrogen-bond donors (Lipinski definition) is 0. The Morgan fingerprint density at radius 2 is 1.19 bits per heavy atom. The van der Waals surface area contributed by atoms with Gasteiger partial charge in [-0.05, 0) is 41.5 Å². The Morgan fingerprint density at radius 3 is 1.71 bits per heavy atom. The van der Waals surface area contributed by atoms with Crippen LogP contribution in [-0.2, 0) is 27.8 Å². The van der Waals surface area contributed by atoms with E-state index in [1.54, 1.807) is 33.5 Å². The van der Waals surface area contributed by atoms with Crippen molar-refractivity contribution < 1.29 is 32.3 Å². The van der Waals surface area contributed by atoms with Crippen molar-refractivity contribution in [1.29, 1.82) is 0 Å². The molecule has 0 N–H and O–H groups in total. The maximum absolute atomic E-state index is 6.79. The van der Waals surface area contributed by atoms with Gasteiger partial charge in [0.2, 0.25) is 0 Å². The Bertz CT molecular complexity index is 857. The highest BCUT2D eigenvalue weighted by atomic mass is 35.7. The van der Waals surface area contributed by atoms with E-state index in [9.17, 15) is 0 Å². The normalized spacial score (nSPS) is 24.7. The molecule has 0 saturated heterocycles. The van der Waals surface area contributed by atoms with Crippen LogP contribution in [0.2, 0.25) is 0 Å². The number of aryl methyl sites for hydroxylation is 1. The summed E-state index contributed by atoms with van der Waals surface area (Å²) < 4.78 is 52.2. The molecule has 2 unspecified atom stereocenters. The maximum atomic E-state index is 6.79. The van der Waals surface area contributed by atoms with Crippen LogP contribution in [0.3, 0.4) is 0 Å². The Kier molecular flexibility index (Phi) is 11.5. The number of rotatable bonds is 14. The largest absolute Gasteiger partial charge is 0.431 e. The third-order valence-corrected chi connectivity index (χ3v) is 13.8. The fourth-order valence-electron chi connectivity index (χ4n) is 2.15. The lowest BCUT2D eigenvalue weighted by Gasteiger charge is -2.29. The average Bonchev–Trinajstić information content (AvgIpc) is 2.69. The van der Waals surface area contributed by atoms with E-state index in [1.807, 2.05) is 19.1 Å². The molecule has 0 amide bonds. The van der Waals surface area contributed by atoms with E-state index in [1.165, 1.54) is 0 Å². The highest BCUT2D eigenvalue weighted by Gasteiger charge is 2.40. The number of nitrogens with zero attached hydrogens (tertiary/aromatic N) is 3. The van der Waals surface area contributed by atoms with E-state index in [4.69, 9.17) is 54.8 Å². The van der Waals surface area contributed by atoms with Gasteiger partial charge in [-0.3, -0.25) is 0 Å². The van der Waals surface area contributed by atoms with Crippen molar-refractivity contribution in [3.05, 3.63) is 29.8 Å². The molecule has 1 aliphatic rings. The molecule has 15 heteroatoms. The predicted molar refractivity (Wildman–Crippen MR) is 125 cm³/mol. The van der Waals surface area contributed by atoms with Gasteiger partial charge < -0.3 is 32.3 Å². The third kappa shape index (κ3) is 9.07. The minimum absolute atomic E-state index is 0.151. The Morgan fingerprint density at radius 1 is 0.677 bits per heavy atom. The van der Waals surface area contributed by atoms with Crippen LogP contribution in [0.1, 0.15) is 5.56 Å². The quantitative estimate of drug-likeness (QED) is 0.192. The van der Waals surface area contributed by atoms with Crippen molar-refractivity contribution in [2.24, 2.45) is 13.5 Å². The molecule has 178 valence electrons. The fourth-order valence-corrected chi connectivity index (χ4v) is 13.7. The van der Waals surface area contributed by atoms with Gasteiger partial charge in [0.15, 0.2) is 0 Å². The molecule has 0 aromatic heterocycles. The van der Waals surface area contributed by atoms with Crippen molar-refractivity contribution in [2.75, 3.05) is 61.0 Å². The van der Waals surface area contributed by atoms with Crippen LogP contribution in [-0.4, -0.2) is 61.0 Å². The number of halogens is 2. The first-order valence-corrected chi connectivity index (χ1v) is 15.8. The zero-order valence-corrected chi connectivity index (χ0v) is 22.0. The second kappa shape index (κ2) is 13.1. The molecule has 1 aromatic carbocycles. The van der Waals surface area contributed by atoms with Gasteiger partial charge in [0.1, 0.15) is 5.75 Å². The maximum Gasteiger partial charge on any atom is 0.353 e. The van der Waals surface area contributed by atoms with Gasteiger partial charge in [0.25, 0.3) is 0 Å². The summed E-state index contributed by atoms with van der Waals surface area (Å²) in [5.41, 5.74) is 1.07. The zero-order chi connectivity index (χ0) is 22.8. The molecule has 0 spiro atoms. The summed E-state index contributed by atoms with van der Waals surface area (Å²) in [5, 5.41) is 0. The molecule has 0 fully saturated rings. The van der Waals surface area contributed by atoms with E-state index in [-0.39, 0.29) is 19.8 Å². The lowest BCUT2D eigenvalue weighted by Crippen LogP contribution is -2.07. The molecule has 1 aromatic rings. The van der Waals surface area contributed by atoms with Gasteiger partial charge in [0.05, 0.1) is 39.6 Å². The van der Waals surface area contributed by atoms with Crippen LogP contribution in [0, 0.1) is 6.92 Å². The SMILES string of the molecule is COCCOP1(Cl)=NP(OCCOC)(OCCOC)=NP(Cl)(Oc2ccc(C)cc2)=N1. The van der Waals surface area contributed by atoms with Gasteiger partial charge >= 0.3 is 21.2 Å². The second-order valence-electron chi connectivity index (χ2n) is 6.09. The van der Waals surface area contributed by atoms with E-state index in [2.05, 4.69) is 13.5 Å². The topological polar surface area (TPSA) is 102 Å². The van der Waals surface area contributed by atoms with Gasteiger partial charge in [0, 0.05) is 21.3 Å². The van der Waals surface area contributed by atoms with Gasteiger partial charge in [-0.15, -0.1) is 4.52 Å². The third-order valence-electron chi connectivity index (χ3n) is 3.55. The predicted octanol–water partition coefficient (Wildman–Crippen LogP) is 6.69. The van der Waals surface area contributed by atoms with E-state index < -0.39 is 21.2 Å². The number of hydrogen-bond acceptors (Lipinski definition) is 10. The Balaban J connectivity index is 2.50. The van der Waals surface area contributed by atoms with Gasteiger partial charge in [-0.25, -0.2) is 0 Å². The van der Waals surface area contributed by atoms with Crippen LogP contribution < -0.4 is 4.52 Å². The first-order chi connectivity index (χ1) is 14.8. The summed E-state index contributed by atoms with van der Waals surface area (Å²) in [7, 11) is 1.30. The monoisotopic (exact) mass is 537 g/mol. The van der Waals surface area contributed by atoms with Crippen molar-refractivity contribution in [3.8, 4) is 5.75 Å². The second-order valence-corrected chi connectivity index (χ2v) is 14.7. The van der Waals surface area contributed by atoms with E-state index in [0.717, 1.165) is 5.56 Å². The lowest BCUT2D eigenvalue weighted by atomic mass is 10.2. The summed E-state index contributed by atoms with van der Waals surface area (Å²) in [5.74, 6) is 0.482. The summed E-state index contributed by atoms with van der Waals surface area (Å²) in [6, 6.07) is 7.32.